The van der Waals surface area contributed by atoms with Crippen molar-refractivity contribution in [1.82, 2.24) is 14.9 Å². The molecule has 8 heteroatoms. The number of anilines is 1. The molecule has 1 aromatic heterocycles. The number of nitrogens with zero attached hydrogens (tertiary/aromatic N) is 3. The molecular weight excluding hydrogens is 297 g/mol. The average molecular weight is 316 g/mol. The van der Waals surface area contributed by atoms with Crippen LogP contribution in [0, 0.1) is 0 Å². The number of halogens is 3. The molecule has 2 saturated heterocycles. The van der Waals surface area contributed by atoms with E-state index >= 15 is 0 Å². The number of hydrogen-bond donors (Lipinski definition) is 1. The number of rotatable bonds is 3. The van der Waals surface area contributed by atoms with Crippen molar-refractivity contribution >= 4 is 5.95 Å². The number of ether oxygens (including phenoxy) is 1. The molecule has 122 valence electrons. The topological polar surface area (TPSA) is 50.3 Å². The molecule has 3 heterocycles. The summed E-state index contributed by atoms with van der Waals surface area (Å²) < 4.78 is 43.3. The molecule has 5 nitrogen and oxygen atoms in total. The third kappa shape index (κ3) is 3.67. The molecule has 0 aliphatic carbocycles. The van der Waals surface area contributed by atoms with Gasteiger partial charge >= 0.3 is 6.18 Å². The third-order valence-electron chi connectivity index (χ3n) is 4.21. The molecule has 3 rings (SSSR count). The van der Waals surface area contributed by atoms with E-state index in [1.807, 2.05) is 0 Å². The number of aromatic nitrogens is 2. The van der Waals surface area contributed by atoms with Crippen molar-refractivity contribution in [3.63, 3.8) is 0 Å². The van der Waals surface area contributed by atoms with E-state index < -0.39 is 11.9 Å². The van der Waals surface area contributed by atoms with Gasteiger partial charge in [-0.1, -0.05) is 0 Å². The Balaban J connectivity index is 1.58. The molecule has 2 aliphatic heterocycles. The monoisotopic (exact) mass is 316 g/mol. The highest BCUT2D eigenvalue weighted by Crippen LogP contribution is 2.28. The number of nitrogens with one attached hydrogen (secondary N) is 1. The van der Waals surface area contributed by atoms with E-state index in [2.05, 4.69) is 20.2 Å². The maximum atomic E-state index is 12.6. The van der Waals surface area contributed by atoms with Gasteiger partial charge in [0.2, 0.25) is 5.95 Å². The summed E-state index contributed by atoms with van der Waals surface area (Å²) >= 11 is 0. The molecule has 1 aromatic rings. The van der Waals surface area contributed by atoms with Gasteiger partial charge in [0, 0.05) is 44.6 Å². The summed E-state index contributed by atoms with van der Waals surface area (Å²) in [7, 11) is 0. The summed E-state index contributed by atoms with van der Waals surface area (Å²) in [5.41, 5.74) is -0.913. The van der Waals surface area contributed by atoms with Crippen LogP contribution in [-0.4, -0.2) is 53.3 Å². The van der Waals surface area contributed by atoms with Crippen molar-refractivity contribution in [1.29, 1.82) is 0 Å². The smallest absolute Gasteiger partial charge is 0.381 e. The summed E-state index contributed by atoms with van der Waals surface area (Å²) in [4.78, 5) is 9.84. The summed E-state index contributed by atoms with van der Waals surface area (Å²) in [5.74, 6) is 0.0497. The first-order valence-corrected chi connectivity index (χ1v) is 7.51. The predicted molar refractivity (Wildman–Crippen MR) is 74.5 cm³/mol. The van der Waals surface area contributed by atoms with Crippen LogP contribution < -0.4 is 5.32 Å². The van der Waals surface area contributed by atoms with Gasteiger partial charge in [0.05, 0.1) is 0 Å². The Labute approximate surface area is 126 Å². The van der Waals surface area contributed by atoms with Crippen LogP contribution in [0.5, 0.6) is 0 Å². The van der Waals surface area contributed by atoms with Crippen LogP contribution in [-0.2, 0) is 10.9 Å². The Bertz CT molecular complexity index is 505. The van der Waals surface area contributed by atoms with Gasteiger partial charge in [-0.3, -0.25) is 4.90 Å². The Hall–Kier alpha value is -1.41. The van der Waals surface area contributed by atoms with E-state index in [9.17, 15) is 13.2 Å². The van der Waals surface area contributed by atoms with Gasteiger partial charge in [-0.25, -0.2) is 9.97 Å². The second kappa shape index (κ2) is 6.37. The molecule has 1 atom stereocenters. The lowest BCUT2D eigenvalue weighted by Crippen LogP contribution is -2.39. The fourth-order valence-electron chi connectivity index (χ4n) is 3.06. The predicted octanol–water partition coefficient (Wildman–Crippen LogP) is 2.16. The fraction of sp³-hybridized carbons (Fsp3) is 0.714. The molecule has 0 radical (unpaired) electrons. The first kappa shape index (κ1) is 15.5. The second-order valence-corrected chi connectivity index (χ2v) is 5.73. The molecule has 0 saturated carbocycles. The van der Waals surface area contributed by atoms with E-state index in [0.717, 1.165) is 57.8 Å². The highest BCUT2D eigenvalue weighted by Gasteiger charge is 2.33. The van der Waals surface area contributed by atoms with Gasteiger partial charge in [-0.2, -0.15) is 13.2 Å². The highest BCUT2D eigenvalue weighted by atomic mass is 19.4. The van der Waals surface area contributed by atoms with E-state index in [-0.39, 0.29) is 12.0 Å². The Kier molecular flexibility index (Phi) is 4.49. The van der Waals surface area contributed by atoms with Crippen LogP contribution in [0.3, 0.4) is 0 Å². The number of alkyl halides is 3. The quantitative estimate of drug-likeness (QED) is 0.926. The Morgan fingerprint density at radius 2 is 2.00 bits per heavy atom. The van der Waals surface area contributed by atoms with Crippen molar-refractivity contribution in [2.75, 3.05) is 31.6 Å². The lowest BCUT2D eigenvalue weighted by Gasteiger charge is -2.31. The first-order valence-electron chi connectivity index (χ1n) is 7.51. The van der Waals surface area contributed by atoms with Gasteiger partial charge in [0.1, 0.15) is 5.69 Å². The minimum absolute atomic E-state index is 0.0497. The average Bonchev–Trinajstić information content (AvgIpc) is 2.96. The van der Waals surface area contributed by atoms with Gasteiger partial charge in [0.25, 0.3) is 0 Å². The summed E-state index contributed by atoms with van der Waals surface area (Å²) in [6.45, 7) is 3.33. The Morgan fingerprint density at radius 3 is 2.73 bits per heavy atom. The molecule has 1 unspecified atom stereocenters. The largest absolute Gasteiger partial charge is 0.433 e. The van der Waals surface area contributed by atoms with Crippen molar-refractivity contribution in [2.24, 2.45) is 0 Å². The van der Waals surface area contributed by atoms with E-state index in [1.54, 1.807) is 0 Å². The normalized spacial score (nSPS) is 24.6. The third-order valence-corrected chi connectivity index (χ3v) is 4.21. The Morgan fingerprint density at radius 1 is 1.23 bits per heavy atom. The van der Waals surface area contributed by atoms with E-state index in [4.69, 9.17) is 4.74 Å². The first-order chi connectivity index (χ1) is 10.5. The number of hydrogen-bond acceptors (Lipinski definition) is 5. The zero-order valence-corrected chi connectivity index (χ0v) is 12.1. The lowest BCUT2D eigenvalue weighted by molar-refractivity contribution is -0.141. The standard InChI is InChI=1S/C14H19F3N4O/c15-14(16,17)12-1-5-18-13(20-12)19-10-2-6-21(9-10)11-3-7-22-8-4-11/h1,5,10-11H,2-4,6-9H2,(H,18,19,20). The summed E-state index contributed by atoms with van der Waals surface area (Å²) in [5, 5.41) is 3.03. The van der Waals surface area contributed by atoms with Crippen LogP contribution in [0.25, 0.3) is 0 Å². The fourth-order valence-corrected chi connectivity index (χ4v) is 3.06. The van der Waals surface area contributed by atoms with Gasteiger partial charge in [-0.05, 0) is 25.3 Å². The molecular formula is C14H19F3N4O. The minimum Gasteiger partial charge on any atom is -0.381 e. The molecule has 0 aromatic carbocycles. The zero-order chi connectivity index (χ0) is 15.6. The van der Waals surface area contributed by atoms with E-state index in [0.29, 0.717) is 6.04 Å². The molecule has 0 bridgehead atoms. The van der Waals surface area contributed by atoms with Crippen LogP contribution in [0.2, 0.25) is 0 Å². The maximum Gasteiger partial charge on any atom is 0.433 e. The molecule has 2 fully saturated rings. The zero-order valence-electron chi connectivity index (χ0n) is 12.1. The highest BCUT2D eigenvalue weighted by molar-refractivity contribution is 5.28. The van der Waals surface area contributed by atoms with Crippen LogP contribution >= 0.6 is 0 Å². The van der Waals surface area contributed by atoms with Crippen molar-refractivity contribution in [3.8, 4) is 0 Å². The van der Waals surface area contributed by atoms with Crippen LogP contribution in [0.15, 0.2) is 12.3 Å². The van der Waals surface area contributed by atoms with Gasteiger partial charge in [-0.15, -0.1) is 0 Å². The summed E-state index contributed by atoms with van der Waals surface area (Å²) in [6, 6.07) is 1.49. The second-order valence-electron chi connectivity index (χ2n) is 5.73. The van der Waals surface area contributed by atoms with Crippen molar-refractivity contribution in [3.05, 3.63) is 18.0 Å². The molecule has 0 spiro atoms. The van der Waals surface area contributed by atoms with Gasteiger partial charge < -0.3 is 10.1 Å². The van der Waals surface area contributed by atoms with Crippen LogP contribution in [0.1, 0.15) is 25.0 Å². The van der Waals surface area contributed by atoms with Crippen LogP contribution in [0.4, 0.5) is 19.1 Å². The van der Waals surface area contributed by atoms with Crippen molar-refractivity contribution in [2.45, 2.75) is 37.5 Å². The van der Waals surface area contributed by atoms with Gasteiger partial charge in [0.15, 0.2) is 0 Å². The molecule has 22 heavy (non-hydrogen) atoms. The lowest BCUT2D eigenvalue weighted by atomic mass is 10.1. The SMILES string of the molecule is FC(F)(F)c1ccnc(NC2CCN(C3CCOCC3)C2)n1. The molecule has 0 amide bonds. The molecule has 2 aliphatic rings. The van der Waals surface area contributed by atoms with E-state index in [1.165, 1.54) is 0 Å². The molecule has 1 N–H and O–H groups in total. The maximum absolute atomic E-state index is 12.6. The minimum atomic E-state index is -4.44. The number of likely N-dealkylation sites (tertiary alicyclic amines) is 1. The summed E-state index contributed by atoms with van der Waals surface area (Å²) in [6.07, 6.45) is -0.372. The van der Waals surface area contributed by atoms with Crippen molar-refractivity contribution < 1.29 is 17.9 Å².